The van der Waals surface area contributed by atoms with Gasteiger partial charge < -0.3 is 24.8 Å². The summed E-state index contributed by atoms with van der Waals surface area (Å²) < 4.78 is 16.2. The van der Waals surface area contributed by atoms with E-state index in [1.165, 1.54) is 0 Å². The van der Waals surface area contributed by atoms with Crippen molar-refractivity contribution in [2.75, 3.05) is 60.2 Å². The van der Waals surface area contributed by atoms with Crippen molar-refractivity contribution in [3.8, 4) is 23.8 Å². The van der Waals surface area contributed by atoms with Gasteiger partial charge in [0.25, 0.3) is 0 Å². The van der Waals surface area contributed by atoms with Gasteiger partial charge in [-0.2, -0.15) is 0 Å². The fraction of sp³-hybridized carbons (Fsp3) is 0.526. The lowest BCUT2D eigenvalue weighted by molar-refractivity contribution is 0.0389. The quantitative estimate of drug-likeness (QED) is 0.404. The Morgan fingerprint density at radius 3 is 2.81 bits per heavy atom. The first-order valence-corrected chi connectivity index (χ1v) is 8.74. The number of rotatable bonds is 8. The Labute approximate surface area is 155 Å². The van der Waals surface area contributed by atoms with E-state index in [-0.39, 0.29) is 6.61 Å². The minimum absolute atomic E-state index is 0.206. The summed E-state index contributed by atoms with van der Waals surface area (Å²) >= 11 is 0. The summed E-state index contributed by atoms with van der Waals surface area (Å²) in [5.41, 5.74) is 1.05. The van der Waals surface area contributed by atoms with Crippen molar-refractivity contribution in [2.24, 2.45) is 4.99 Å². The van der Waals surface area contributed by atoms with Crippen LogP contribution in [0.3, 0.4) is 0 Å². The van der Waals surface area contributed by atoms with E-state index in [9.17, 15) is 0 Å². The molecule has 1 fully saturated rings. The molecule has 0 amide bonds. The van der Waals surface area contributed by atoms with Crippen LogP contribution in [0.25, 0.3) is 0 Å². The van der Waals surface area contributed by atoms with Gasteiger partial charge in [0.2, 0.25) is 0 Å². The van der Waals surface area contributed by atoms with Gasteiger partial charge in [-0.3, -0.25) is 9.89 Å². The largest absolute Gasteiger partial charge is 0.493 e. The monoisotopic (exact) mass is 360 g/mol. The highest BCUT2D eigenvalue weighted by atomic mass is 16.5. The number of terminal acetylenes is 1. The van der Waals surface area contributed by atoms with Crippen molar-refractivity contribution in [3.63, 3.8) is 0 Å². The number of ether oxygens (including phenoxy) is 3. The molecule has 0 aromatic heterocycles. The molecule has 1 saturated heterocycles. The molecule has 0 unspecified atom stereocenters. The van der Waals surface area contributed by atoms with Gasteiger partial charge in [0.05, 0.1) is 20.3 Å². The average Bonchev–Trinajstić information content (AvgIpc) is 2.69. The zero-order chi connectivity index (χ0) is 18.6. The van der Waals surface area contributed by atoms with Gasteiger partial charge in [-0.05, 0) is 17.7 Å². The third-order valence-corrected chi connectivity index (χ3v) is 4.05. The lowest BCUT2D eigenvalue weighted by atomic mass is 10.2. The maximum absolute atomic E-state index is 5.53. The number of nitrogens with one attached hydrogen (secondary N) is 2. The molecule has 1 aromatic carbocycles. The van der Waals surface area contributed by atoms with E-state index in [0.29, 0.717) is 18.0 Å². The molecule has 1 aromatic rings. The fourth-order valence-corrected chi connectivity index (χ4v) is 2.63. The molecule has 2 rings (SSSR count). The van der Waals surface area contributed by atoms with Crippen molar-refractivity contribution in [2.45, 2.75) is 6.54 Å². The topological polar surface area (TPSA) is 67.4 Å². The SMILES string of the molecule is C#CCOc1cc(CNC(=NC)NCCN2CCOCC2)ccc1OC. The van der Waals surface area contributed by atoms with E-state index in [2.05, 4.69) is 26.4 Å². The molecule has 1 aliphatic heterocycles. The number of morpholine rings is 1. The van der Waals surface area contributed by atoms with Crippen molar-refractivity contribution >= 4 is 5.96 Å². The van der Waals surface area contributed by atoms with Crippen molar-refractivity contribution < 1.29 is 14.2 Å². The van der Waals surface area contributed by atoms with Crippen LogP contribution in [0.4, 0.5) is 0 Å². The predicted octanol–water partition coefficient (Wildman–Crippen LogP) is 0.704. The molecule has 0 aliphatic carbocycles. The molecule has 1 aliphatic rings. The maximum atomic E-state index is 5.53. The average molecular weight is 360 g/mol. The van der Waals surface area contributed by atoms with Crippen LogP contribution in [0, 0.1) is 12.3 Å². The van der Waals surface area contributed by atoms with Gasteiger partial charge in [0.15, 0.2) is 17.5 Å². The van der Waals surface area contributed by atoms with Crippen molar-refractivity contribution in [1.29, 1.82) is 0 Å². The highest BCUT2D eigenvalue weighted by molar-refractivity contribution is 5.79. The van der Waals surface area contributed by atoms with E-state index in [1.54, 1.807) is 14.2 Å². The molecule has 1 heterocycles. The zero-order valence-corrected chi connectivity index (χ0v) is 15.6. The normalized spacial score (nSPS) is 15.2. The molecule has 2 N–H and O–H groups in total. The Hall–Kier alpha value is -2.43. The van der Waals surface area contributed by atoms with E-state index in [1.807, 2.05) is 18.2 Å². The molecule has 0 atom stereocenters. The Balaban J connectivity index is 1.80. The van der Waals surface area contributed by atoms with Gasteiger partial charge in [0.1, 0.15) is 6.61 Å². The summed E-state index contributed by atoms with van der Waals surface area (Å²) in [7, 11) is 3.37. The molecule has 0 bridgehead atoms. The summed E-state index contributed by atoms with van der Waals surface area (Å²) in [5, 5.41) is 6.64. The van der Waals surface area contributed by atoms with Crippen molar-refractivity contribution in [3.05, 3.63) is 23.8 Å². The van der Waals surface area contributed by atoms with Gasteiger partial charge >= 0.3 is 0 Å². The highest BCUT2D eigenvalue weighted by Crippen LogP contribution is 2.27. The Kier molecular flexibility index (Phi) is 8.60. The first-order chi connectivity index (χ1) is 12.8. The lowest BCUT2D eigenvalue weighted by Gasteiger charge is -2.26. The number of nitrogens with zero attached hydrogens (tertiary/aromatic N) is 2. The number of guanidine groups is 1. The summed E-state index contributed by atoms with van der Waals surface area (Å²) in [5.74, 6) is 4.53. The molecule has 7 heteroatoms. The third-order valence-electron chi connectivity index (χ3n) is 4.05. The molecule has 0 saturated carbocycles. The zero-order valence-electron chi connectivity index (χ0n) is 15.6. The second kappa shape index (κ2) is 11.2. The second-order valence-corrected chi connectivity index (χ2v) is 5.78. The number of hydrogen-bond donors (Lipinski definition) is 2. The first kappa shape index (κ1) is 19.9. The van der Waals surface area contributed by atoms with Crippen LogP contribution in [0.2, 0.25) is 0 Å². The molecule has 0 radical (unpaired) electrons. The molecule has 142 valence electrons. The van der Waals surface area contributed by atoms with Crippen LogP contribution in [0.15, 0.2) is 23.2 Å². The summed E-state index contributed by atoms with van der Waals surface area (Å²) in [6.07, 6.45) is 5.26. The Morgan fingerprint density at radius 1 is 1.31 bits per heavy atom. The number of benzene rings is 1. The summed E-state index contributed by atoms with van der Waals surface area (Å²) in [4.78, 5) is 6.64. The molecule has 0 spiro atoms. The van der Waals surface area contributed by atoms with Crippen LogP contribution in [-0.2, 0) is 11.3 Å². The van der Waals surface area contributed by atoms with Crippen LogP contribution in [-0.4, -0.2) is 71.0 Å². The first-order valence-electron chi connectivity index (χ1n) is 8.74. The minimum atomic E-state index is 0.206. The van der Waals surface area contributed by atoms with Gasteiger partial charge in [-0.25, -0.2) is 0 Å². The number of aliphatic imine (C=N–C) groups is 1. The highest BCUT2D eigenvalue weighted by Gasteiger charge is 2.10. The fourth-order valence-electron chi connectivity index (χ4n) is 2.63. The van der Waals surface area contributed by atoms with Crippen LogP contribution in [0.5, 0.6) is 11.5 Å². The van der Waals surface area contributed by atoms with E-state index >= 15 is 0 Å². The smallest absolute Gasteiger partial charge is 0.191 e. The van der Waals surface area contributed by atoms with Crippen LogP contribution in [0.1, 0.15) is 5.56 Å². The summed E-state index contributed by atoms with van der Waals surface area (Å²) in [6.45, 7) is 6.23. The van der Waals surface area contributed by atoms with Gasteiger partial charge in [0, 0.05) is 39.8 Å². The van der Waals surface area contributed by atoms with Crippen LogP contribution < -0.4 is 20.1 Å². The minimum Gasteiger partial charge on any atom is -0.493 e. The van der Waals surface area contributed by atoms with Gasteiger partial charge in [-0.1, -0.05) is 12.0 Å². The predicted molar refractivity (Wildman–Crippen MR) is 103 cm³/mol. The van der Waals surface area contributed by atoms with E-state index < -0.39 is 0 Å². The van der Waals surface area contributed by atoms with E-state index in [4.69, 9.17) is 20.6 Å². The Bertz CT molecular complexity index is 622. The molecular formula is C19H28N4O3. The standard InChI is InChI=1S/C19H28N4O3/c1-4-11-26-18-14-16(5-6-17(18)24-3)15-22-19(20-2)21-7-8-23-9-12-25-13-10-23/h1,5-6,14H,7-13,15H2,2-3H3,(H2,20,21,22). The van der Waals surface area contributed by atoms with Crippen LogP contribution >= 0.6 is 0 Å². The molecule has 7 nitrogen and oxygen atoms in total. The van der Waals surface area contributed by atoms with Crippen molar-refractivity contribution in [1.82, 2.24) is 15.5 Å². The third kappa shape index (κ3) is 6.47. The second-order valence-electron chi connectivity index (χ2n) is 5.78. The van der Waals surface area contributed by atoms with Gasteiger partial charge in [-0.15, -0.1) is 6.42 Å². The maximum Gasteiger partial charge on any atom is 0.191 e. The number of methoxy groups -OCH3 is 1. The Morgan fingerprint density at radius 2 is 2.12 bits per heavy atom. The number of hydrogen-bond acceptors (Lipinski definition) is 5. The molecular weight excluding hydrogens is 332 g/mol. The molecule has 26 heavy (non-hydrogen) atoms. The lowest BCUT2D eigenvalue weighted by Crippen LogP contribution is -2.44. The summed E-state index contributed by atoms with van der Waals surface area (Å²) in [6, 6.07) is 5.78. The van der Waals surface area contributed by atoms with E-state index in [0.717, 1.165) is 50.9 Å².